The van der Waals surface area contributed by atoms with Crippen molar-refractivity contribution in [2.75, 3.05) is 19.8 Å². The van der Waals surface area contributed by atoms with Crippen LogP contribution in [0.4, 0.5) is 0 Å². The summed E-state index contributed by atoms with van der Waals surface area (Å²) in [6, 6.07) is 6.90. The normalized spacial score (nSPS) is 22.8. The Kier molecular flexibility index (Phi) is 4.39. The molecule has 2 unspecified atom stereocenters. The van der Waals surface area contributed by atoms with Gasteiger partial charge in [0.15, 0.2) is 0 Å². The third-order valence-electron chi connectivity index (χ3n) is 3.56. The van der Waals surface area contributed by atoms with Crippen molar-refractivity contribution in [1.82, 2.24) is 4.90 Å². The highest BCUT2D eigenvalue weighted by molar-refractivity contribution is 5.71. The molecule has 0 bridgehead atoms. The minimum Gasteiger partial charge on any atom is -0.508 e. The highest BCUT2D eigenvalue weighted by atomic mass is 16.5. The number of benzene rings is 1. The first-order valence-electron chi connectivity index (χ1n) is 6.44. The van der Waals surface area contributed by atoms with Crippen molar-refractivity contribution >= 4 is 5.97 Å². The van der Waals surface area contributed by atoms with Crippen LogP contribution < -0.4 is 0 Å². The van der Waals surface area contributed by atoms with Gasteiger partial charge in [0.2, 0.25) is 0 Å². The summed E-state index contributed by atoms with van der Waals surface area (Å²) in [7, 11) is 0. The first-order valence-corrected chi connectivity index (χ1v) is 6.44. The van der Waals surface area contributed by atoms with Crippen molar-refractivity contribution in [1.29, 1.82) is 0 Å². The Morgan fingerprint density at radius 1 is 1.37 bits per heavy atom. The quantitative estimate of drug-likeness (QED) is 0.840. The Morgan fingerprint density at radius 2 is 2.05 bits per heavy atom. The number of hydrogen-bond donors (Lipinski definition) is 2. The van der Waals surface area contributed by atoms with Gasteiger partial charge >= 0.3 is 5.97 Å². The van der Waals surface area contributed by atoms with E-state index in [-0.39, 0.29) is 18.4 Å². The zero-order valence-electron chi connectivity index (χ0n) is 11.0. The number of nitrogens with zero attached hydrogens (tertiary/aromatic N) is 1. The molecule has 0 spiro atoms. The lowest BCUT2D eigenvalue weighted by atomic mass is 10.0. The molecule has 0 amide bonds. The minimum absolute atomic E-state index is 0.0868. The van der Waals surface area contributed by atoms with Crippen LogP contribution in [0.5, 0.6) is 5.75 Å². The lowest BCUT2D eigenvalue weighted by Crippen LogP contribution is -2.42. The number of phenols is 1. The zero-order valence-corrected chi connectivity index (χ0v) is 11.0. The third-order valence-corrected chi connectivity index (χ3v) is 3.56. The smallest absolute Gasteiger partial charge is 0.310 e. The average Bonchev–Trinajstić information content (AvgIpc) is 2.87. The molecule has 1 aromatic carbocycles. The summed E-state index contributed by atoms with van der Waals surface area (Å²) in [5, 5.41) is 18.5. The van der Waals surface area contributed by atoms with Gasteiger partial charge in [-0.3, -0.25) is 9.69 Å². The highest BCUT2D eigenvalue weighted by Crippen LogP contribution is 2.22. The number of carboxylic acids is 1. The maximum Gasteiger partial charge on any atom is 0.310 e. The molecule has 1 fully saturated rings. The zero-order chi connectivity index (χ0) is 13.8. The molecule has 0 aromatic heterocycles. The monoisotopic (exact) mass is 265 g/mol. The van der Waals surface area contributed by atoms with Gasteiger partial charge in [-0.05, 0) is 24.2 Å². The van der Waals surface area contributed by atoms with E-state index in [2.05, 4.69) is 4.90 Å². The molecule has 19 heavy (non-hydrogen) atoms. The van der Waals surface area contributed by atoms with Gasteiger partial charge in [0.25, 0.3) is 0 Å². The van der Waals surface area contributed by atoms with Crippen LogP contribution in [-0.2, 0) is 16.1 Å². The number of aromatic hydroxyl groups is 1. The van der Waals surface area contributed by atoms with E-state index in [1.807, 2.05) is 19.1 Å². The summed E-state index contributed by atoms with van der Waals surface area (Å²) in [6.45, 7) is 4.18. The standard InChI is InChI=1S/C14H19NO4/c1-2-15(7-10-3-5-11(16)6-4-10)13-9-19-8-12(13)14(17)18/h3-6,12-13,16H,2,7-9H2,1H3,(H,17,18). The fraction of sp³-hybridized carbons (Fsp3) is 0.500. The van der Waals surface area contributed by atoms with E-state index in [1.54, 1.807) is 12.1 Å². The summed E-state index contributed by atoms with van der Waals surface area (Å²) >= 11 is 0. The van der Waals surface area contributed by atoms with E-state index in [0.29, 0.717) is 13.2 Å². The molecule has 1 aliphatic rings. The molecule has 5 heteroatoms. The van der Waals surface area contributed by atoms with E-state index in [9.17, 15) is 15.0 Å². The molecule has 1 heterocycles. The van der Waals surface area contributed by atoms with Crippen LogP contribution in [-0.4, -0.2) is 46.9 Å². The summed E-state index contributed by atoms with van der Waals surface area (Å²) in [5.74, 6) is -1.02. The van der Waals surface area contributed by atoms with Crippen LogP contribution in [0.1, 0.15) is 12.5 Å². The van der Waals surface area contributed by atoms with Gasteiger partial charge in [0.05, 0.1) is 19.1 Å². The number of rotatable bonds is 5. The van der Waals surface area contributed by atoms with Gasteiger partial charge in [-0.15, -0.1) is 0 Å². The second kappa shape index (κ2) is 6.04. The Morgan fingerprint density at radius 3 is 2.63 bits per heavy atom. The van der Waals surface area contributed by atoms with Crippen LogP contribution in [0.2, 0.25) is 0 Å². The molecular formula is C14H19NO4. The van der Waals surface area contributed by atoms with Crippen molar-refractivity contribution in [2.24, 2.45) is 5.92 Å². The van der Waals surface area contributed by atoms with Crippen LogP contribution >= 0.6 is 0 Å². The van der Waals surface area contributed by atoms with Gasteiger partial charge in [-0.2, -0.15) is 0 Å². The predicted molar refractivity (Wildman–Crippen MR) is 69.9 cm³/mol. The Labute approximate surface area is 112 Å². The number of ether oxygens (including phenoxy) is 1. The van der Waals surface area contributed by atoms with Gasteiger partial charge < -0.3 is 14.9 Å². The maximum atomic E-state index is 11.2. The van der Waals surface area contributed by atoms with E-state index in [1.165, 1.54) is 0 Å². The topological polar surface area (TPSA) is 70.0 Å². The summed E-state index contributed by atoms with van der Waals surface area (Å²) in [6.07, 6.45) is 0. The van der Waals surface area contributed by atoms with E-state index in [0.717, 1.165) is 12.1 Å². The van der Waals surface area contributed by atoms with Crippen molar-refractivity contribution in [3.05, 3.63) is 29.8 Å². The predicted octanol–water partition coefficient (Wildman–Crippen LogP) is 1.31. The number of aliphatic carboxylic acids is 1. The van der Waals surface area contributed by atoms with Gasteiger partial charge in [0.1, 0.15) is 5.75 Å². The molecule has 5 nitrogen and oxygen atoms in total. The molecule has 104 valence electrons. The number of carboxylic acid groups (broad SMARTS) is 1. The number of likely N-dealkylation sites (N-methyl/N-ethyl adjacent to an activating group) is 1. The molecule has 2 rings (SSSR count). The van der Waals surface area contributed by atoms with Gasteiger partial charge in [0, 0.05) is 12.6 Å². The second-order valence-corrected chi connectivity index (χ2v) is 4.78. The lowest BCUT2D eigenvalue weighted by Gasteiger charge is -2.29. The van der Waals surface area contributed by atoms with E-state index in [4.69, 9.17) is 4.74 Å². The Bertz CT molecular complexity index is 432. The largest absolute Gasteiger partial charge is 0.508 e. The molecular weight excluding hydrogens is 246 g/mol. The minimum atomic E-state index is -0.799. The molecule has 2 N–H and O–H groups in total. The van der Waals surface area contributed by atoms with Crippen LogP contribution in [0, 0.1) is 5.92 Å². The molecule has 0 saturated carbocycles. The summed E-state index contributed by atoms with van der Waals surface area (Å²) < 4.78 is 5.31. The van der Waals surface area contributed by atoms with Crippen molar-refractivity contribution < 1.29 is 19.7 Å². The molecule has 1 aliphatic heterocycles. The van der Waals surface area contributed by atoms with Crippen LogP contribution in [0.15, 0.2) is 24.3 Å². The number of phenolic OH excluding ortho intramolecular Hbond substituents is 1. The number of carbonyl (C=O) groups is 1. The SMILES string of the molecule is CCN(Cc1ccc(O)cc1)C1COCC1C(=O)O. The molecule has 0 aliphatic carbocycles. The van der Waals surface area contributed by atoms with Crippen LogP contribution in [0.25, 0.3) is 0 Å². The Balaban J connectivity index is 2.07. The van der Waals surface area contributed by atoms with Crippen molar-refractivity contribution in [3.63, 3.8) is 0 Å². The third kappa shape index (κ3) is 3.24. The first kappa shape index (κ1) is 13.8. The number of hydrogen-bond acceptors (Lipinski definition) is 4. The summed E-state index contributed by atoms with van der Waals surface area (Å²) in [5.41, 5.74) is 1.05. The van der Waals surface area contributed by atoms with Crippen molar-refractivity contribution in [2.45, 2.75) is 19.5 Å². The first-order chi connectivity index (χ1) is 9.11. The molecule has 0 radical (unpaired) electrons. The molecule has 1 aromatic rings. The highest BCUT2D eigenvalue weighted by Gasteiger charge is 2.37. The molecule has 1 saturated heterocycles. The van der Waals surface area contributed by atoms with Gasteiger partial charge in [-0.1, -0.05) is 19.1 Å². The van der Waals surface area contributed by atoms with Crippen molar-refractivity contribution in [3.8, 4) is 5.75 Å². The van der Waals surface area contributed by atoms with E-state index >= 15 is 0 Å². The fourth-order valence-electron chi connectivity index (χ4n) is 2.44. The van der Waals surface area contributed by atoms with Crippen LogP contribution in [0.3, 0.4) is 0 Å². The average molecular weight is 265 g/mol. The van der Waals surface area contributed by atoms with Gasteiger partial charge in [-0.25, -0.2) is 0 Å². The lowest BCUT2D eigenvalue weighted by molar-refractivity contribution is -0.143. The summed E-state index contributed by atoms with van der Waals surface area (Å²) in [4.78, 5) is 13.3. The maximum absolute atomic E-state index is 11.2. The Hall–Kier alpha value is -1.59. The second-order valence-electron chi connectivity index (χ2n) is 4.78. The molecule has 2 atom stereocenters. The van der Waals surface area contributed by atoms with E-state index < -0.39 is 11.9 Å². The fourth-order valence-corrected chi connectivity index (χ4v) is 2.44.